The van der Waals surface area contributed by atoms with Crippen LogP contribution in [0.3, 0.4) is 0 Å². The molecule has 2 N–H and O–H groups in total. The minimum absolute atomic E-state index is 0.113. The van der Waals surface area contributed by atoms with Gasteiger partial charge in [-0.2, -0.15) is 0 Å². The van der Waals surface area contributed by atoms with Crippen LogP contribution < -0.4 is 10.0 Å². The number of benzene rings is 1. The third-order valence-electron chi connectivity index (χ3n) is 2.43. The van der Waals surface area contributed by atoms with Crippen molar-refractivity contribution in [2.45, 2.75) is 31.7 Å². The average Bonchev–Trinajstić information content (AvgIpc) is 2.33. The van der Waals surface area contributed by atoms with E-state index in [9.17, 15) is 17.2 Å². The van der Waals surface area contributed by atoms with E-state index in [2.05, 4.69) is 10.0 Å². The van der Waals surface area contributed by atoms with E-state index >= 15 is 0 Å². The van der Waals surface area contributed by atoms with Gasteiger partial charge in [0.25, 0.3) is 0 Å². The van der Waals surface area contributed by atoms with E-state index in [1.807, 2.05) is 6.92 Å². The fourth-order valence-electron chi connectivity index (χ4n) is 1.59. The van der Waals surface area contributed by atoms with Gasteiger partial charge in [0.15, 0.2) is 11.6 Å². The van der Waals surface area contributed by atoms with Gasteiger partial charge in [0.1, 0.15) is 4.90 Å². The summed E-state index contributed by atoms with van der Waals surface area (Å²) in [5.74, 6) is -2.51. The first kappa shape index (κ1) is 16.0. The second kappa shape index (κ2) is 6.93. The van der Waals surface area contributed by atoms with Crippen LogP contribution >= 0.6 is 0 Å². The first-order chi connectivity index (χ1) is 8.92. The summed E-state index contributed by atoms with van der Waals surface area (Å²) in [7, 11) is -4.01. The van der Waals surface area contributed by atoms with Crippen LogP contribution in [0.4, 0.5) is 8.78 Å². The zero-order chi connectivity index (χ0) is 14.5. The summed E-state index contributed by atoms with van der Waals surface area (Å²) in [6.45, 7) is 4.66. The highest BCUT2D eigenvalue weighted by Gasteiger charge is 2.22. The highest BCUT2D eigenvalue weighted by molar-refractivity contribution is 7.89. The Morgan fingerprint density at radius 1 is 1.21 bits per heavy atom. The van der Waals surface area contributed by atoms with Gasteiger partial charge in [-0.15, -0.1) is 0 Å². The van der Waals surface area contributed by atoms with Crippen LogP contribution in [0.25, 0.3) is 0 Å². The summed E-state index contributed by atoms with van der Waals surface area (Å²) < 4.78 is 52.6. The number of hydrogen-bond acceptors (Lipinski definition) is 3. The van der Waals surface area contributed by atoms with Gasteiger partial charge in [-0.25, -0.2) is 21.9 Å². The molecule has 1 aromatic rings. The topological polar surface area (TPSA) is 58.2 Å². The molecular formula is C12H18F2N2O2S. The van der Waals surface area contributed by atoms with Crippen molar-refractivity contribution in [2.24, 2.45) is 0 Å². The number of nitrogens with one attached hydrogen (secondary N) is 2. The van der Waals surface area contributed by atoms with E-state index in [4.69, 9.17) is 0 Å². The van der Waals surface area contributed by atoms with Crippen LogP contribution in [0, 0.1) is 11.6 Å². The van der Waals surface area contributed by atoms with Gasteiger partial charge in [0.2, 0.25) is 10.0 Å². The molecule has 0 bridgehead atoms. The van der Waals surface area contributed by atoms with E-state index in [-0.39, 0.29) is 6.54 Å². The SMILES string of the molecule is CCCNCc1cc(F)c(F)c(S(=O)(=O)NCC)c1. The summed E-state index contributed by atoms with van der Waals surface area (Å²) in [5.41, 5.74) is 0.392. The van der Waals surface area contributed by atoms with Crippen LogP contribution in [0.2, 0.25) is 0 Å². The Balaban J connectivity index is 3.10. The van der Waals surface area contributed by atoms with Gasteiger partial charge in [-0.1, -0.05) is 13.8 Å². The highest BCUT2D eigenvalue weighted by Crippen LogP contribution is 2.19. The lowest BCUT2D eigenvalue weighted by atomic mass is 10.2. The molecule has 0 aliphatic heterocycles. The zero-order valence-corrected chi connectivity index (χ0v) is 11.8. The average molecular weight is 292 g/mol. The first-order valence-corrected chi connectivity index (χ1v) is 7.59. The Labute approximate surface area is 112 Å². The molecule has 0 spiro atoms. The molecule has 0 saturated heterocycles. The lowest BCUT2D eigenvalue weighted by Gasteiger charge is -2.10. The van der Waals surface area contributed by atoms with Gasteiger partial charge in [0, 0.05) is 13.1 Å². The molecule has 0 aliphatic carbocycles. The molecule has 0 saturated carbocycles. The second-order valence-electron chi connectivity index (χ2n) is 4.07. The maximum absolute atomic E-state index is 13.6. The fraction of sp³-hybridized carbons (Fsp3) is 0.500. The van der Waals surface area contributed by atoms with E-state index in [1.165, 1.54) is 0 Å². The molecule has 1 aromatic carbocycles. The predicted octanol–water partition coefficient (Wildman–Crippen LogP) is 1.76. The molecule has 0 aliphatic rings. The maximum Gasteiger partial charge on any atom is 0.243 e. The third kappa shape index (κ3) is 4.22. The van der Waals surface area contributed by atoms with Crippen LogP contribution in [-0.2, 0) is 16.6 Å². The molecular weight excluding hydrogens is 274 g/mol. The van der Waals surface area contributed by atoms with Crippen LogP contribution in [0.5, 0.6) is 0 Å². The maximum atomic E-state index is 13.6. The highest BCUT2D eigenvalue weighted by atomic mass is 32.2. The van der Waals surface area contributed by atoms with Crippen LogP contribution in [0.15, 0.2) is 17.0 Å². The summed E-state index contributed by atoms with van der Waals surface area (Å²) in [4.78, 5) is -0.650. The fourth-order valence-corrected chi connectivity index (χ4v) is 2.77. The Hall–Kier alpha value is -1.05. The van der Waals surface area contributed by atoms with E-state index in [0.717, 1.165) is 18.6 Å². The van der Waals surface area contributed by atoms with Crippen molar-refractivity contribution in [3.8, 4) is 0 Å². The van der Waals surface area contributed by atoms with Crippen molar-refractivity contribution >= 4 is 10.0 Å². The molecule has 108 valence electrons. The number of rotatable bonds is 7. The third-order valence-corrected chi connectivity index (χ3v) is 3.98. The minimum Gasteiger partial charge on any atom is -0.313 e. The summed E-state index contributed by atoms with van der Waals surface area (Å²) in [5, 5.41) is 3.00. The van der Waals surface area contributed by atoms with Crippen molar-refractivity contribution in [2.75, 3.05) is 13.1 Å². The normalized spacial score (nSPS) is 11.8. The van der Waals surface area contributed by atoms with E-state index in [1.54, 1.807) is 6.92 Å². The zero-order valence-electron chi connectivity index (χ0n) is 11.0. The van der Waals surface area contributed by atoms with Crippen LogP contribution in [0.1, 0.15) is 25.8 Å². The van der Waals surface area contributed by atoms with Crippen molar-refractivity contribution in [3.63, 3.8) is 0 Å². The molecule has 0 amide bonds. The molecule has 0 heterocycles. The largest absolute Gasteiger partial charge is 0.313 e. The molecule has 1 rings (SSSR count). The Kier molecular flexibility index (Phi) is 5.84. The Morgan fingerprint density at radius 2 is 1.89 bits per heavy atom. The summed E-state index contributed by atoms with van der Waals surface area (Å²) in [6.07, 6.45) is 0.895. The summed E-state index contributed by atoms with van der Waals surface area (Å²) in [6, 6.07) is 2.15. The summed E-state index contributed by atoms with van der Waals surface area (Å²) >= 11 is 0. The minimum atomic E-state index is -4.01. The van der Waals surface area contributed by atoms with Gasteiger partial charge < -0.3 is 5.32 Å². The van der Waals surface area contributed by atoms with Crippen molar-refractivity contribution < 1.29 is 17.2 Å². The molecule has 7 heteroatoms. The number of halogens is 2. The predicted molar refractivity (Wildman–Crippen MR) is 69.2 cm³/mol. The molecule has 0 atom stereocenters. The molecule has 0 fully saturated rings. The number of hydrogen-bond donors (Lipinski definition) is 2. The van der Waals surface area contributed by atoms with Crippen LogP contribution in [-0.4, -0.2) is 21.5 Å². The van der Waals surface area contributed by atoms with E-state index < -0.39 is 26.6 Å². The van der Waals surface area contributed by atoms with Crippen molar-refractivity contribution in [3.05, 3.63) is 29.3 Å². The smallest absolute Gasteiger partial charge is 0.243 e. The van der Waals surface area contributed by atoms with Gasteiger partial charge in [-0.3, -0.25) is 0 Å². The van der Waals surface area contributed by atoms with E-state index in [0.29, 0.717) is 18.7 Å². The van der Waals surface area contributed by atoms with Gasteiger partial charge in [0.05, 0.1) is 0 Å². The quantitative estimate of drug-likeness (QED) is 0.753. The standard InChI is InChI=1S/C12H18F2N2O2S/c1-3-5-15-8-9-6-10(13)12(14)11(7-9)19(17,18)16-4-2/h6-7,15-16H,3-5,8H2,1-2H3. The molecule has 19 heavy (non-hydrogen) atoms. The van der Waals surface area contributed by atoms with Gasteiger partial charge in [-0.05, 0) is 30.7 Å². The lowest BCUT2D eigenvalue weighted by Crippen LogP contribution is -2.25. The van der Waals surface area contributed by atoms with Crippen molar-refractivity contribution in [1.29, 1.82) is 0 Å². The lowest BCUT2D eigenvalue weighted by molar-refractivity contribution is 0.480. The second-order valence-corrected chi connectivity index (χ2v) is 5.80. The Morgan fingerprint density at radius 3 is 2.47 bits per heavy atom. The van der Waals surface area contributed by atoms with Gasteiger partial charge >= 0.3 is 0 Å². The molecule has 0 aromatic heterocycles. The monoisotopic (exact) mass is 292 g/mol. The Bertz CT molecular complexity index is 533. The molecule has 0 radical (unpaired) electrons. The molecule has 0 unspecified atom stereocenters. The first-order valence-electron chi connectivity index (χ1n) is 6.10. The van der Waals surface area contributed by atoms with Crippen molar-refractivity contribution in [1.82, 2.24) is 10.0 Å². The number of sulfonamides is 1. The molecule has 4 nitrogen and oxygen atoms in total.